The van der Waals surface area contributed by atoms with Gasteiger partial charge in [-0.15, -0.1) is 0 Å². The molecule has 0 aliphatic carbocycles. The second-order valence-corrected chi connectivity index (χ2v) is 4.52. The molecule has 0 unspecified atom stereocenters. The van der Waals surface area contributed by atoms with Gasteiger partial charge in [0, 0.05) is 18.0 Å². The quantitative estimate of drug-likeness (QED) is 0.938. The highest BCUT2D eigenvalue weighted by molar-refractivity contribution is 6.42. The zero-order valence-corrected chi connectivity index (χ0v) is 11.2. The third kappa shape index (κ3) is 2.43. The van der Waals surface area contributed by atoms with Crippen molar-refractivity contribution in [2.45, 2.75) is 6.04 Å². The molecule has 18 heavy (non-hydrogen) atoms. The van der Waals surface area contributed by atoms with Crippen LogP contribution in [0.25, 0.3) is 0 Å². The van der Waals surface area contributed by atoms with Crippen LogP contribution in [0.3, 0.4) is 0 Å². The van der Waals surface area contributed by atoms with Gasteiger partial charge in [0.05, 0.1) is 23.2 Å². The number of ether oxygens (including phenoxy) is 1. The Bertz CT molecular complexity index is 546. The first-order chi connectivity index (χ1) is 8.65. The van der Waals surface area contributed by atoms with Crippen LogP contribution in [-0.2, 0) is 0 Å². The molecule has 0 aliphatic rings. The summed E-state index contributed by atoms with van der Waals surface area (Å²) in [7, 11) is 1.57. The molecule has 1 aromatic carbocycles. The predicted octanol–water partition coefficient (Wildman–Crippen LogP) is 3.45. The number of nitrogens with zero attached hydrogens (tertiary/aromatic N) is 1. The van der Waals surface area contributed by atoms with Gasteiger partial charge in [0.15, 0.2) is 0 Å². The molecule has 2 rings (SSSR count). The number of aromatic nitrogens is 1. The topological polar surface area (TPSA) is 48.1 Å². The Morgan fingerprint density at radius 2 is 1.83 bits per heavy atom. The maximum absolute atomic E-state index is 6.21. The van der Waals surface area contributed by atoms with Gasteiger partial charge >= 0.3 is 0 Å². The monoisotopic (exact) mass is 282 g/mol. The lowest BCUT2D eigenvalue weighted by molar-refractivity contribution is 0.408. The fraction of sp³-hybridized carbons (Fsp3) is 0.154. The summed E-state index contributed by atoms with van der Waals surface area (Å²) < 4.78 is 5.29. The van der Waals surface area contributed by atoms with E-state index in [1.807, 2.05) is 12.1 Å². The van der Waals surface area contributed by atoms with E-state index in [1.54, 1.807) is 31.6 Å². The Balaban J connectivity index is 2.53. The summed E-state index contributed by atoms with van der Waals surface area (Å²) in [5, 5.41) is 0.873. The van der Waals surface area contributed by atoms with Crippen LogP contribution < -0.4 is 10.5 Å². The van der Waals surface area contributed by atoms with E-state index >= 15 is 0 Å². The van der Waals surface area contributed by atoms with Crippen molar-refractivity contribution >= 4 is 23.2 Å². The molecule has 3 nitrogen and oxygen atoms in total. The molecule has 0 radical (unpaired) electrons. The number of hydrogen-bond donors (Lipinski definition) is 1. The molecule has 1 heterocycles. The molecule has 1 aromatic heterocycles. The molecule has 0 saturated carbocycles. The molecule has 1 atom stereocenters. The Morgan fingerprint density at radius 3 is 2.44 bits per heavy atom. The standard InChI is InChI=1S/C13H12Cl2N2O/c1-18-10-3-2-9(14)12(15)11(10)13(16)8-4-6-17-7-5-8/h2-7,13H,16H2,1H3/t13-/m0/s1. The lowest BCUT2D eigenvalue weighted by Gasteiger charge is -2.18. The van der Waals surface area contributed by atoms with Gasteiger partial charge in [-0.1, -0.05) is 23.2 Å². The molecule has 0 bridgehead atoms. The summed E-state index contributed by atoms with van der Waals surface area (Å²) >= 11 is 12.2. The summed E-state index contributed by atoms with van der Waals surface area (Å²) in [5.41, 5.74) is 7.79. The summed E-state index contributed by atoms with van der Waals surface area (Å²) in [4.78, 5) is 3.96. The third-order valence-corrected chi connectivity index (χ3v) is 3.51. The Kier molecular flexibility index (Phi) is 4.07. The van der Waals surface area contributed by atoms with E-state index in [2.05, 4.69) is 4.98 Å². The first kappa shape index (κ1) is 13.1. The van der Waals surface area contributed by atoms with Crippen molar-refractivity contribution < 1.29 is 4.74 Å². The van der Waals surface area contributed by atoms with Gasteiger partial charge in [0.1, 0.15) is 5.75 Å². The molecule has 0 fully saturated rings. The average molecular weight is 283 g/mol. The van der Waals surface area contributed by atoms with Crippen LogP contribution in [0.5, 0.6) is 5.75 Å². The van der Waals surface area contributed by atoms with Crippen LogP contribution in [-0.4, -0.2) is 12.1 Å². The summed E-state index contributed by atoms with van der Waals surface area (Å²) in [6.45, 7) is 0. The number of hydrogen-bond acceptors (Lipinski definition) is 3. The Hall–Kier alpha value is -1.29. The van der Waals surface area contributed by atoms with Crippen molar-refractivity contribution in [1.82, 2.24) is 4.98 Å². The summed E-state index contributed by atoms with van der Waals surface area (Å²) in [6.07, 6.45) is 3.36. The minimum atomic E-state index is -0.408. The van der Waals surface area contributed by atoms with E-state index in [1.165, 1.54) is 0 Å². The zero-order chi connectivity index (χ0) is 13.1. The molecule has 0 aliphatic heterocycles. The zero-order valence-electron chi connectivity index (χ0n) is 9.73. The van der Waals surface area contributed by atoms with Crippen LogP contribution in [0.2, 0.25) is 10.0 Å². The number of nitrogens with two attached hydrogens (primary N) is 1. The molecular formula is C13H12Cl2N2O. The van der Waals surface area contributed by atoms with Gasteiger partial charge in [-0.05, 0) is 29.8 Å². The fourth-order valence-corrected chi connectivity index (χ4v) is 2.19. The molecule has 0 amide bonds. The van der Waals surface area contributed by atoms with E-state index < -0.39 is 6.04 Å². The second-order valence-electron chi connectivity index (χ2n) is 3.74. The smallest absolute Gasteiger partial charge is 0.125 e. The highest BCUT2D eigenvalue weighted by Gasteiger charge is 2.19. The van der Waals surface area contributed by atoms with Gasteiger partial charge in [-0.2, -0.15) is 0 Å². The number of halogens is 2. The van der Waals surface area contributed by atoms with Crippen LogP contribution in [0.4, 0.5) is 0 Å². The Morgan fingerprint density at radius 1 is 1.17 bits per heavy atom. The molecular weight excluding hydrogens is 271 g/mol. The molecule has 94 valence electrons. The lowest BCUT2D eigenvalue weighted by atomic mass is 9.99. The molecule has 2 aromatic rings. The van der Waals surface area contributed by atoms with Crippen molar-refractivity contribution in [3.63, 3.8) is 0 Å². The lowest BCUT2D eigenvalue weighted by Crippen LogP contribution is -2.14. The number of pyridine rings is 1. The van der Waals surface area contributed by atoms with Crippen LogP contribution in [0.1, 0.15) is 17.2 Å². The first-order valence-electron chi connectivity index (χ1n) is 5.32. The van der Waals surface area contributed by atoms with Crippen molar-refractivity contribution in [2.75, 3.05) is 7.11 Å². The Labute approximate surface area is 115 Å². The van der Waals surface area contributed by atoms with Crippen molar-refractivity contribution in [2.24, 2.45) is 5.73 Å². The largest absolute Gasteiger partial charge is 0.496 e. The SMILES string of the molecule is COc1ccc(Cl)c(Cl)c1[C@@H](N)c1ccncc1. The second kappa shape index (κ2) is 5.57. The average Bonchev–Trinajstić information content (AvgIpc) is 2.42. The minimum Gasteiger partial charge on any atom is -0.496 e. The number of rotatable bonds is 3. The van der Waals surface area contributed by atoms with Crippen LogP contribution in [0, 0.1) is 0 Å². The maximum atomic E-state index is 6.21. The molecule has 0 saturated heterocycles. The van der Waals surface area contributed by atoms with E-state index in [0.29, 0.717) is 21.4 Å². The maximum Gasteiger partial charge on any atom is 0.125 e. The van der Waals surface area contributed by atoms with Gasteiger partial charge in [-0.3, -0.25) is 4.98 Å². The highest BCUT2D eigenvalue weighted by atomic mass is 35.5. The minimum absolute atomic E-state index is 0.408. The van der Waals surface area contributed by atoms with E-state index in [0.717, 1.165) is 5.56 Å². The van der Waals surface area contributed by atoms with Gasteiger partial charge in [0.25, 0.3) is 0 Å². The van der Waals surface area contributed by atoms with E-state index in [9.17, 15) is 0 Å². The molecule has 2 N–H and O–H groups in total. The van der Waals surface area contributed by atoms with Crippen LogP contribution >= 0.6 is 23.2 Å². The number of benzene rings is 1. The highest BCUT2D eigenvalue weighted by Crippen LogP contribution is 2.38. The van der Waals surface area contributed by atoms with E-state index in [4.69, 9.17) is 33.7 Å². The van der Waals surface area contributed by atoms with Crippen molar-refractivity contribution in [1.29, 1.82) is 0 Å². The van der Waals surface area contributed by atoms with Crippen LogP contribution in [0.15, 0.2) is 36.7 Å². The summed E-state index contributed by atoms with van der Waals surface area (Å²) in [6, 6.07) is 6.70. The molecule has 0 spiro atoms. The van der Waals surface area contributed by atoms with Crippen molar-refractivity contribution in [3.05, 3.63) is 57.8 Å². The predicted molar refractivity (Wildman–Crippen MR) is 73.3 cm³/mol. The van der Waals surface area contributed by atoms with E-state index in [-0.39, 0.29) is 0 Å². The van der Waals surface area contributed by atoms with Gasteiger partial charge < -0.3 is 10.5 Å². The first-order valence-corrected chi connectivity index (χ1v) is 6.08. The summed E-state index contributed by atoms with van der Waals surface area (Å²) in [5.74, 6) is 0.619. The van der Waals surface area contributed by atoms with Gasteiger partial charge in [-0.25, -0.2) is 0 Å². The van der Waals surface area contributed by atoms with Gasteiger partial charge in [0.2, 0.25) is 0 Å². The normalized spacial score (nSPS) is 12.2. The molecule has 5 heteroatoms. The third-order valence-electron chi connectivity index (χ3n) is 2.69. The van der Waals surface area contributed by atoms with Crippen molar-refractivity contribution in [3.8, 4) is 5.75 Å². The number of methoxy groups -OCH3 is 1. The fourth-order valence-electron chi connectivity index (χ4n) is 1.75.